The first-order valence-corrected chi connectivity index (χ1v) is 7.33. The van der Waals surface area contributed by atoms with Gasteiger partial charge in [0.1, 0.15) is 5.04 Å². The Morgan fingerprint density at radius 2 is 2.06 bits per heavy atom. The standard InChI is InChI=1S/C10H11NO4S2/c12-5-7(13)6-16-10-8-3-1-2-4-9(8)17(14,15)11-10/h1-4,7,12-13H,5-6H2. The number of rotatable bonds is 3. The molecule has 17 heavy (non-hydrogen) atoms. The Labute approximate surface area is 103 Å². The summed E-state index contributed by atoms with van der Waals surface area (Å²) < 4.78 is 27.0. The highest BCUT2D eigenvalue weighted by Crippen LogP contribution is 2.30. The molecule has 1 aromatic carbocycles. The Morgan fingerprint density at radius 3 is 2.76 bits per heavy atom. The van der Waals surface area contributed by atoms with Gasteiger partial charge in [-0.15, -0.1) is 11.8 Å². The fourth-order valence-electron chi connectivity index (χ4n) is 1.41. The first-order valence-electron chi connectivity index (χ1n) is 4.90. The quantitative estimate of drug-likeness (QED) is 0.822. The van der Waals surface area contributed by atoms with Gasteiger partial charge in [0.2, 0.25) is 0 Å². The fourth-order valence-corrected chi connectivity index (χ4v) is 3.87. The molecule has 2 N–H and O–H groups in total. The molecule has 1 unspecified atom stereocenters. The molecule has 0 saturated carbocycles. The number of aliphatic hydroxyl groups is 2. The largest absolute Gasteiger partial charge is 0.394 e. The highest BCUT2D eigenvalue weighted by Gasteiger charge is 2.28. The normalized spacial score (nSPS) is 18.6. The molecule has 7 heteroatoms. The molecule has 0 saturated heterocycles. The van der Waals surface area contributed by atoms with Gasteiger partial charge in [0.15, 0.2) is 0 Å². The zero-order valence-corrected chi connectivity index (χ0v) is 10.4. The second-order valence-corrected chi connectivity index (χ2v) is 6.10. The summed E-state index contributed by atoms with van der Waals surface area (Å²) in [7, 11) is -3.59. The summed E-state index contributed by atoms with van der Waals surface area (Å²) in [6, 6.07) is 6.56. The van der Waals surface area contributed by atoms with E-state index in [1.165, 1.54) is 6.07 Å². The lowest BCUT2D eigenvalue weighted by atomic mass is 10.2. The molecule has 0 radical (unpaired) electrons. The minimum absolute atomic E-state index is 0.195. The van der Waals surface area contributed by atoms with Crippen LogP contribution in [0.1, 0.15) is 5.56 Å². The van der Waals surface area contributed by atoms with Crippen LogP contribution in [-0.2, 0) is 10.0 Å². The number of hydrogen-bond donors (Lipinski definition) is 2. The first-order chi connectivity index (χ1) is 8.04. The molecule has 0 aromatic heterocycles. The number of fused-ring (bicyclic) bond motifs is 1. The van der Waals surface area contributed by atoms with Crippen LogP contribution >= 0.6 is 11.8 Å². The molecular weight excluding hydrogens is 262 g/mol. The van der Waals surface area contributed by atoms with Crippen LogP contribution in [0.2, 0.25) is 0 Å². The van der Waals surface area contributed by atoms with Crippen LogP contribution in [0.25, 0.3) is 0 Å². The van der Waals surface area contributed by atoms with Crippen molar-refractivity contribution >= 4 is 26.8 Å². The Kier molecular flexibility index (Phi) is 3.53. The summed E-state index contributed by atoms with van der Waals surface area (Å²) in [5.74, 6) is 0.208. The Morgan fingerprint density at radius 1 is 1.35 bits per heavy atom. The zero-order valence-electron chi connectivity index (χ0n) is 8.78. The summed E-state index contributed by atoms with van der Waals surface area (Å²) in [5, 5.41) is 18.3. The van der Waals surface area contributed by atoms with Gasteiger partial charge in [-0.05, 0) is 6.07 Å². The number of nitrogens with zero attached hydrogens (tertiary/aromatic N) is 1. The zero-order chi connectivity index (χ0) is 12.5. The average molecular weight is 273 g/mol. The number of thioether (sulfide) groups is 1. The summed E-state index contributed by atoms with van der Waals surface area (Å²) in [6.45, 7) is -0.353. The maximum Gasteiger partial charge on any atom is 0.284 e. The van der Waals surface area contributed by atoms with Crippen molar-refractivity contribution < 1.29 is 18.6 Å². The van der Waals surface area contributed by atoms with Crippen LogP contribution in [0.3, 0.4) is 0 Å². The minimum Gasteiger partial charge on any atom is -0.394 e. The summed E-state index contributed by atoms with van der Waals surface area (Å²) >= 11 is 1.12. The van der Waals surface area contributed by atoms with Crippen molar-refractivity contribution in [1.82, 2.24) is 0 Å². The average Bonchev–Trinajstić information content (AvgIpc) is 2.59. The topological polar surface area (TPSA) is 87.0 Å². The van der Waals surface area contributed by atoms with E-state index in [1.807, 2.05) is 0 Å². The predicted octanol–water partition coefficient (Wildman–Crippen LogP) is 0.222. The third-order valence-electron chi connectivity index (χ3n) is 2.22. The van der Waals surface area contributed by atoms with Gasteiger partial charge in [0, 0.05) is 11.3 Å². The first kappa shape index (κ1) is 12.6. The van der Waals surface area contributed by atoms with E-state index in [0.29, 0.717) is 10.6 Å². The van der Waals surface area contributed by atoms with Crippen molar-refractivity contribution in [2.24, 2.45) is 4.40 Å². The van der Waals surface area contributed by atoms with Crippen LogP contribution < -0.4 is 0 Å². The molecule has 1 aromatic rings. The van der Waals surface area contributed by atoms with Crippen molar-refractivity contribution in [2.75, 3.05) is 12.4 Å². The van der Waals surface area contributed by atoms with Crippen LogP contribution in [0.15, 0.2) is 33.6 Å². The van der Waals surface area contributed by atoms with Crippen molar-refractivity contribution in [3.8, 4) is 0 Å². The molecule has 0 spiro atoms. The maximum atomic E-state index is 11.7. The molecule has 0 fully saturated rings. The fraction of sp³-hybridized carbons (Fsp3) is 0.300. The van der Waals surface area contributed by atoms with E-state index in [9.17, 15) is 13.5 Å². The van der Waals surface area contributed by atoms with E-state index in [0.717, 1.165) is 11.8 Å². The van der Waals surface area contributed by atoms with E-state index < -0.39 is 16.1 Å². The van der Waals surface area contributed by atoms with E-state index in [1.54, 1.807) is 18.2 Å². The summed E-state index contributed by atoms with van der Waals surface area (Å²) in [5.41, 5.74) is 0.558. The number of sulfonamides is 1. The lowest BCUT2D eigenvalue weighted by Gasteiger charge is -2.05. The second-order valence-electron chi connectivity index (χ2n) is 3.52. The van der Waals surface area contributed by atoms with E-state index in [2.05, 4.69) is 4.40 Å². The van der Waals surface area contributed by atoms with Gasteiger partial charge in [0.25, 0.3) is 10.0 Å². The van der Waals surface area contributed by atoms with Crippen molar-refractivity contribution in [1.29, 1.82) is 0 Å². The smallest absolute Gasteiger partial charge is 0.284 e. The van der Waals surface area contributed by atoms with Gasteiger partial charge < -0.3 is 10.2 Å². The molecule has 2 rings (SSSR count). The molecule has 92 valence electrons. The Bertz CT molecular complexity index is 553. The molecular formula is C10H11NO4S2. The van der Waals surface area contributed by atoms with Gasteiger partial charge in [-0.25, -0.2) is 0 Å². The Balaban J connectivity index is 2.26. The highest BCUT2D eigenvalue weighted by molar-refractivity contribution is 8.15. The molecule has 0 aliphatic carbocycles. The second kappa shape index (κ2) is 4.77. The predicted molar refractivity (Wildman–Crippen MR) is 65.7 cm³/mol. The molecule has 1 aliphatic heterocycles. The maximum absolute atomic E-state index is 11.7. The molecule has 5 nitrogen and oxygen atoms in total. The molecule has 1 atom stereocenters. The summed E-state index contributed by atoms with van der Waals surface area (Å²) in [4.78, 5) is 0.195. The van der Waals surface area contributed by atoms with Crippen LogP contribution in [-0.4, -0.2) is 42.1 Å². The monoisotopic (exact) mass is 273 g/mol. The van der Waals surface area contributed by atoms with Gasteiger partial charge in [-0.3, -0.25) is 0 Å². The SMILES string of the molecule is O=S1(=O)N=C(SCC(O)CO)c2ccccc21. The number of benzene rings is 1. The van der Waals surface area contributed by atoms with Gasteiger partial charge in [-0.1, -0.05) is 18.2 Å². The van der Waals surface area contributed by atoms with E-state index in [4.69, 9.17) is 5.11 Å². The van der Waals surface area contributed by atoms with E-state index >= 15 is 0 Å². The van der Waals surface area contributed by atoms with Crippen molar-refractivity contribution in [3.05, 3.63) is 29.8 Å². The molecule has 0 bridgehead atoms. The Hall–Kier alpha value is -0.890. The molecule has 1 heterocycles. The van der Waals surface area contributed by atoms with Crippen LogP contribution in [0, 0.1) is 0 Å². The third-order valence-corrected chi connectivity index (χ3v) is 4.81. The van der Waals surface area contributed by atoms with Crippen molar-refractivity contribution in [3.63, 3.8) is 0 Å². The lowest BCUT2D eigenvalue weighted by molar-refractivity contribution is 0.114. The van der Waals surface area contributed by atoms with Crippen LogP contribution in [0.5, 0.6) is 0 Å². The van der Waals surface area contributed by atoms with E-state index in [-0.39, 0.29) is 17.3 Å². The minimum atomic E-state index is -3.59. The summed E-state index contributed by atoms with van der Waals surface area (Å²) in [6.07, 6.45) is -0.877. The van der Waals surface area contributed by atoms with Crippen molar-refractivity contribution in [2.45, 2.75) is 11.0 Å². The number of hydrogen-bond acceptors (Lipinski definition) is 5. The van der Waals surface area contributed by atoms with Gasteiger partial charge in [-0.2, -0.15) is 12.8 Å². The third kappa shape index (κ3) is 2.52. The van der Waals surface area contributed by atoms with Gasteiger partial charge >= 0.3 is 0 Å². The number of aliphatic hydroxyl groups excluding tert-OH is 2. The molecule has 1 aliphatic rings. The lowest BCUT2D eigenvalue weighted by Crippen LogP contribution is -2.16. The molecule has 0 amide bonds. The van der Waals surface area contributed by atoms with Gasteiger partial charge in [0.05, 0.1) is 17.6 Å². The van der Waals surface area contributed by atoms with Crippen LogP contribution in [0.4, 0.5) is 0 Å². The highest BCUT2D eigenvalue weighted by atomic mass is 32.2.